The Balaban J connectivity index is 1.98. The number of hydrogen-bond donors (Lipinski definition) is 1. The topological polar surface area (TPSA) is 53.1 Å². The first-order valence-corrected chi connectivity index (χ1v) is 6.09. The summed E-state index contributed by atoms with van der Waals surface area (Å²) in [6.07, 6.45) is 4.72. The van der Waals surface area contributed by atoms with E-state index in [1.165, 1.54) is 5.56 Å². The van der Waals surface area contributed by atoms with E-state index in [0.29, 0.717) is 13.2 Å². The van der Waals surface area contributed by atoms with Gasteiger partial charge in [0.25, 0.3) is 0 Å². The number of nitrogens with zero attached hydrogens (tertiary/aromatic N) is 2. The summed E-state index contributed by atoms with van der Waals surface area (Å²) in [5, 5.41) is 4.13. The van der Waals surface area contributed by atoms with E-state index in [1.54, 1.807) is 4.68 Å². The Morgan fingerprint density at radius 2 is 2.22 bits per heavy atom. The number of aromatic nitrogens is 2. The van der Waals surface area contributed by atoms with Crippen LogP contribution in [0.5, 0.6) is 5.75 Å². The molecule has 0 bridgehead atoms. The third-order valence-electron chi connectivity index (χ3n) is 2.91. The van der Waals surface area contributed by atoms with Crippen LogP contribution in [0.4, 0.5) is 0 Å². The molecule has 0 saturated carbocycles. The van der Waals surface area contributed by atoms with Crippen molar-refractivity contribution < 1.29 is 4.74 Å². The maximum Gasteiger partial charge on any atom is 0.126 e. The van der Waals surface area contributed by atoms with Crippen LogP contribution < -0.4 is 10.5 Å². The zero-order valence-corrected chi connectivity index (χ0v) is 10.9. The van der Waals surface area contributed by atoms with Crippen molar-refractivity contribution in [1.82, 2.24) is 9.78 Å². The molecule has 1 aromatic carbocycles. The van der Waals surface area contributed by atoms with E-state index in [-0.39, 0.29) is 0 Å². The maximum atomic E-state index is 5.85. The fraction of sp³-hybridized carbons (Fsp3) is 0.357. The van der Waals surface area contributed by atoms with Gasteiger partial charge in [0.05, 0.1) is 12.8 Å². The standard InChI is InChI=1S/C14H19N3O/c1-11-4-3-5-13(8-15)14(11)18-7-6-12-9-16-17(2)10-12/h3-5,9-10H,6-8,15H2,1-2H3. The van der Waals surface area contributed by atoms with Crippen LogP contribution in [-0.4, -0.2) is 16.4 Å². The summed E-state index contributed by atoms with van der Waals surface area (Å²) in [7, 11) is 1.91. The van der Waals surface area contributed by atoms with Gasteiger partial charge in [0, 0.05) is 31.8 Å². The largest absolute Gasteiger partial charge is 0.493 e. The lowest BCUT2D eigenvalue weighted by Crippen LogP contribution is -2.06. The second kappa shape index (κ2) is 5.69. The molecule has 0 fully saturated rings. The van der Waals surface area contributed by atoms with Crippen molar-refractivity contribution in [3.8, 4) is 5.75 Å². The third kappa shape index (κ3) is 2.90. The van der Waals surface area contributed by atoms with Crippen LogP contribution in [0.3, 0.4) is 0 Å². The third-order valence-corrected chi connectivity index (χ3v) is 2.91. The van der Waals surface area contributed by atoms with Gasteiger partial charge in [-0.15, -0.1) is 0 Å². The van der Waals surface area contributed by atoms with Gasteiger partial charge in [0.15, 0.2) is 0 Å². The normalized spacial score (nSPS) is 10.6. The predicted octanol–water partition coefficient (Wildman–Crippen LogP) is 1.81. The summed E-state index contributed by atoms with van der Waals surface area (Å²) >= 11 is 0. The number of hydrogen-bond acceptors (Lipinski definition) is 3. The highest BCUT2D eigenvalue weighted by molar-refractivity contribution is 5.40. The van der Waals surface area contributed by atoms with Crippen molar-refractivity contribution >= 4 is 0 Å². The molecule has 4 nitrogen and oxygen atoms in total. The van der Waals surface area contributed by atoms with E-state index >= 15 is 0 Å². The molecule has 0 aliphatic carbocycles. The molecule has 2 aromatic rings. The molecule has 96 valence electrons. The number of benzene rings is 1. The minimum Gasteiger partial charge on any atom is -0.493 e. The van der Waals surface area contributed by atoms with Crippen molar-refractivity contribution in [3.05, 3.63) is 47.3 Å². The predicted molar refractivity (Wildman–Crippen MR) is 71.5 cm³/mol. The Morgan fingerprint density at radius 1 is 1.39 bits per heavy atom. The van der Waals surface area contributed by atoms with Crippen LogP contribution in [0.15, 0.2) is 30.6 Å². The Bertz CT molecular complexity index is 520. The second-order valence-electron chi connectivity index (χ2n) is 4.39. The van der Waals surface area contributed by atoms with Gasteiger partial charge in [-0.2, -0.15) is 5.10 Å². The van der Waals surface area contributed by atoms with Crippen LogP contribution >= 0.6 is 0 Å². The highest BCUT2D eigenvalue weighted by Crippen LogP contribution is 2.23. The smallest absolute Gasteiger partial charge is 0.126 e. The average molecular weight is 245 g/mol. The number of aryl methyl sites for hydroxylation is 2. The fourth-order valence-corrected chi connectivity index (χ4v) is 1.95. The summed E-state index contributed by atoms with van der Waals surface area (Å²) in [5.74, 6) is 0.920. The Hall–Kier alpha value is -1.81. The Morgan fingerprint density at radius 3 is 2.89 bits per heavy atom. The molecule has 0 saturated heterocycles. The molecule has 18 heavy (non-hydrogen) atoms. The molecule has 0 unspecified atom stereocenters. The molecule has 2 N–H and O–H groups in total. The van der Waals surface area contributed by atoms with Crippen LogP contribution in [0, 0.1) is 6.92 Å². The molecule has 0 aliphatic rings. The van der Waals surface area contributed by atoms with Crippen molar-refractivity contribution in [1.29, 1.82) is 0 Å². The molecule has 0 atom stereocenters. The van der Waals surface area contributed by atoms with Crippen molar-refractivity contribution in [3.63, 3.8) is 0 Å². The van der Waals surface area contributed by atoms with Gasteiger partial charge in [0.2, 0.25) is 0 Å². The molecule has 1 heterocycles. The van der Waals surface area contributed by atoms with E-state index in [9.17, 15) is 0 Å². The lowest BCUT2D eigenvalue weighted by atomic mass is 10.1. The first kappa shape index (κ1) is 12.6. The highest BCUT2D eigenvalue weighted by Gasteiger charge is 2.05. The highest BCUT2D eigenvalue weighted by atomic mass is 16.5. The zero-order chi connectivity index (χ0) is 13.0. The lowest BCUT2D eigenvalue weighted by Gasteiger charge is -2.12. The van der Waals surface area contributed by atoms with Crippen LogP contribution in [-0.2, 0) is 20.0 Å². The quantitative estimate of drug-likeness (QED) is 0.874. The number of nitrogens with two attached hydrogens (primary N) is 1. The summed E-state index contributed by atoms with van der Waals surface area (Å²) in [6.45, 7) is 3.19. The molecule has 1 aromatic heterocycles. The SMILES string of the molecule is Cc1cccc(CN)c1OCCc1cnn(C)c1. The second-order valence-corrected chi connectivity index (χ2v) is 4.39. The maximum absolute atomic E-state index is 5.85. The first-order chi connectivity index (χ1) is 8.70. The zero-order valence-electron chi connectivity index (χ0n) is 10.9. The Kier molecular flexibility index (Phi) is 3.99. The van der Waals surface area contributed by atoms with E-state index in [1.807, 2.05) is 44.6 Å². The molecule has 0 amide bonds. The summed E-state index contributed by atoms with van der Waals surface area (Å²) < 4.78 is 7.65. The van der Waals surface area contributed by atoms with Gasteiger partial charge in [0.1, 0.15) is 5.75 Å². The molecular weight excluding hydrogens is 226 g/mol. The monoisotopic (exact) mass is 245 g/mol. The summed E-state index contributed by atoms with van der Waals surface area (Å²) in [6, 6.07) is 6.05. The number of rotatable bonds is 5. The number of para-hydroxylation sites is 1. The minimum absolute atomic E-state index is 0.504. The molecule has 4 heteroatoms. The fourth-order valence-electron chi connectivity index (χ4n) is 1.95. The first-order valence-electron chi connectivity index (χ1n) is 6.09. The Labute approximate surface area is 107 Å². The van der Waals surface area contributed by atoms with Gasteiger partial charge in [-0.05, 0) is 18.1 Å². The van der Waals surface area contributed by atoms with Crippen molar-refractivity contribution in [2.24, 2.45) is 12.8 Å². The van der Waals surface area contributed by atoms with Crippen LogP contribution in [0.1, 0.15) is 16.7 Å². The lowest BCUT2D eigenvalue weighted by molar-refractivity contribution is 0.316. The minimum atomic E-state index is 0.504. The average Bonchev–Trinajstić information content (AvgIpc) is 2.77. The molecule has 2 rings (SSSR count). The van der Waals surface area contributed by atoms with E-state index in [4.69, 9.17) is 10.5 Å². The molecule has 0 spiro atoms. The van der Waals surface area contributed by atoms with Gasteiger partial charge < -0.3 is 10.5 Å². The van der Waals surface area contributed by atoms with E-state index < -0.39 is 0 Å². The van der Waals surface area contributed by atoms with Crippen molar-refractivity contribution in [2.45, 2.75) is 19.9 Å². The van der Waals surface area contributed by atoms with Crippen LogP contribution in [0.25, 0.3) is 0 Å². The van der Waals surface area contributed by atoms with E-state index in [0.717, 1.165) is 23.3 Å². The van der Waals surface area contributed by atoms with Crippen molar-refractivity contribution in [2.75, 3.05) is 6.61 Å². The number of ether oxygens (including phenoxy) is 1. The van der Waals surface area contributed by atoms with Gasteiger partial charge in [-0.25, -0.2) is 0 Å². The van der Waals surface area contributed by atoms with Gasteiger partial charge in [-0.3, -0.25) is 4.68 Å². The van der Waals surface area contributed by atoms with Crippen LogP contribution in [0.2, 0.25) is 0 Å². The summed E-state index contributed by atoms with van der Waals surface area (Å²) in [4.78, 5) is 0. The molecule has 0 radical (unpaired) electrons. The van der Waals surface area contributed by atoms with Gasteiger partial charge >= 0.3 is 0 Å². The van der Waals surface area contributed by atoms with E-state index in [2.05, 4.69) is 5.10 Å². The molecular formula is C14H19N3O. The van der Waals surface area contributed by atoms with Gasteiger partial charge in [-0.1, -0.05) is 18.2 Å². The molecule has 0 aliphatic heterocycles. The summed E-state index contributed by atoms with van der Waals surface area (Å²) in [5.41, 5.74) is 9.08.